The lowest BCUT2D eigenvalue weighted by Gasteiger charge is -2.09. The molecular weight excluding hydrogens is 305 g/mol. The number of alkyl halides is 3. The van der Waals surface area contributed by atoms with Crippen LogP contribution in [0.3, 0.4) is 0 Å². The van der Waals surface area contributed by atoms with Gasteiger partial charge >= 0.3 is 18.1 Å². The zero-order valence-corrected chi connectivity index (χ0v) is 10.5. The molecule has 0 aliphatic carbocycles. The van der Waals surface area contributed by atoms with Crippen molar-refractivity contribution in [1.82, 2.24) is 0 Å². The second-order valence-corrected chi connectivity index (χ2v) is 3.79. The topological polar surface area (TPSA) is 69.7 Å². The Bertz CT molecular complexity index is 568. The molecule has 0 aliphatic heterocycles. The summed E-state index contributed by atoms with van der Waals surface area (Å²) in [7, 11) is 0. The van der Waals surface area contributed by atoms with Crippen molar-refractivity contribution in [3.63, 3.8) is 0 Å². The summed E-state index contributed by atoms with van der Waals surface area (Å²) in [6.45, 7) is 1.04. The third-order valence-electron chi connectivity index (χ3n) is 1.81. The molecule has 0 atom stereocenters. The first kappa shape index (κ1) is 16.0. The second-order valence-electron chi connectivity index (χ2n) is 3.45. The van der Waals surface area contributed by atoms with Gasteiger partial charge in [0.2, 0.25) is 0 Å². The average Bonchev–Trinajstić information content (AvgIpc) is 2.26. The predicted molar refractivity (Wildman–Crippen MR) is 59.6 cm³/mol. The SMILES string of the molecule is CC(=O)Oc1cc(OC(=O)C(F)(F)F)cc(C(=O)Cl)c1. The minimum absolute atomic E-state index is 0.283. The molecule has 1 aromatic rings. The van der Waals surface area contributed by atoms with Gasteiger partial charge in [-0.2, -0.15) is 13.2 Å². The van der Waals surface area contributed by atoms with Crippen LogP contribution in [0.4, 0.5) is 13.2 Å². The van der Waals surface area contributed by atoms with E-state index in [1.165, 1.54) is 0 Å². The summed E-state index contributed by atoms with van der Waals surface area (Å²) in [6, 6.07) is 2.67. The van der Waals surface area contributed by atoms with Gasteiger partial charge in [0.25, 0.3) is 5.24 Å². The van der Waals surface area contributed by atoms with Crippen molar-refractivity contribution >= 4 is 28.8 Å². The normalized spacial score (nSPS) is 10.8. The molecule has 0 bridgehead atoms. The fourth-order valence-corrected chi connectivity index (χ4v) is 1.24. The van der Waals surface area contributed by atoms with E-state index >= 15 is 0 Å². The Labute approximate surface area is 115 Å². The molecule has 1 aromatic carbocycles. The lowest BCUT2D eigenvalue weighted by atomic mass is 10.2. The van der Waals surface area contributed by atoms with Crippen LogP contribution in [0.15, 0.2) is 18.2 Å². The van der Waals surface area contributed by atoms with Gasteiger partial charge in [0, 0.05) is 18.6 Å². The fraction of sp³-hybridized carbons (Fsp3) is 0.182. The largest absolute Gasteiger partial charge is 0.491 e. The highest BCUT2D eigenvalue weighted by atomic mass is 35.5. The Morgan fingerprint density at radius 1 is 1.05 bits per heavy atom. The number of ether oxygens (including phenoxy) is 2. The second kappa shape index (κ2) is 5.91. The summed E-state index contributed by atoms with van der Waals surface area (Å²) in [4.78, 5) is 32.4. The summed E-state index contributed by atoms with van der Waals surface area (Å²) in [5, 5.41) is -1.02. The van der Waals surface area contributed by atoms with E-state index in [4.69, 9.17) is 11.6 Å². The van der Waals surface area contributed by atoms with Crippen molar-refractivity contribution in [2.24, 2.45) is 0 Å². The maximum atomic E-state index is 12.1. The molecule has 5 nitrogen and oxygen atoms in total. The summed E-state index contributed by atoms with van der Waals surface area (Å²) in [5.41, 5.74) is -0.296. The highest BCUT2D eigenvalue weighted by molar-refractivity contribution is 6.67. The molecule has 0 saturated carbocycles. The molecular formula is C11H6ClF3O5. The van der Waals surface area contributed by atoms with E-state index in [1.807, 2.05) is 0 Å². The van der Waals surface area contributed by atoms with Crippen molar-refractivity contribution < 1.29 is 37.0 Å². The molecule has 1 rings (SSSR count). The van der Waals surface area contributed by atoms with Gasteiger partial charge in [-0.05, 0) is 23.7 Å². The number of hydrogen-bond donors (Lipinski definition) is 0. The lowest BCUT2D eigenvalue weighted by Crippen LogP contribution is -2.28. The third-order valence-corrected chi connectivity index (χ3v) is 2.03. The fourth-order valence-electron chi connectivity index (χ4n) is 1.13. The quantitative estimate of drug-likeness (QED) is 0.487. The van der Waals surface area contributed by atoms with Crippen molar-refractivity contribution in [3.05, 3.63) is 23.8 Å². The van der Waals surface area contributed by atoms with E-state index in [0.29, 0.717) is 0 Å². The zero-order chi connectivity index (χ0) is 15.5. The number of carbonyl (C=O) groups excluding carboxylic acids is 3. The first-order chi connectivity index (χ1) is 9.09. The Kier molecular flexibility index (Phi) is 4.72. The predicted octanol–water partition coefficient (Wildman–Crippen LogP) is 2.46. The smallest absolute Gasteiger partial charge is 0.427 e. The van der Waals surface area contributed by atoms with Crippen LogP contribution < -0.4 is 9.47 Å². The molecule has 20 heavy (non-hydrogen) atoms. The van der Waals surface area contributed by atoms with Crippen LogP contribution >= 0.6 is 11.6 Å². The number of carbonyl (C=O) groups is 3. The minimum atomic E-state index is -5.21. The van der Waals surface area contributed by atoms with Gasteiger partial charge in [-0.3, -0.25) is 9.59 Å². The first-order valence-electron chi connectivity index (χ1n) is 4.92. The molecule has 0 saturated heterocycles. The van der Waals surface area contributed by atoms with Crippen molar-refractivity contribution in [1.29, 1.82) is 0 Å². The van der Waals surface area contributed by atoms with E-state index < -0.39 is 29.1 Å². The summed E-state index contributed by atoms with van der Waals surface area (Å²) in [5.74, 6) is -4.17. The lowest BCUT2D eigenvalue weighted by molar-refractivity contribution is -0.189. The molecule has 0 radical (unpaired) electrons. The van der Waals surface area contributed by atoms with E-state index in [1.54, 1.807) is 0 Å². The molecule has 9 heteroatoms. The van der Waals surface area contributed by atoms with Crippen molar-refractivity contribution in [2.45, 2.75) is 13.1 Å². The van der Waals surface area contributed by atoms with Crippen LogP contribution in [0.25, 0.3) is 0 Å². The molecule has 0 amide bonds. The van der Waals surface area contributed by atoms with E-state index in [2.05, 4.69) is 9.47 Å². The van der Waals surface area contributed by atoms with Gasteiger partial charge in [-0.1, -0.05) is 0 Å². The van der Waals surface area contributed by atoms with Crippen LogP contribution in [0.5, 0.6) is 11.5 Å². The Morgan fingerprint density at radius 2 is 1.55 bits per heavy atom. The molecule has 0 fully saturated rings. The van der Waals surface area contributed by atoms with E-state index in [9.17, 15) is 27.6 Å². The van der Waals surface area contributed by atoms with Gasteiger partial charge in [0.15, 0.2) is 0 Å². The van der Waals surface area contributed by atoms with Gasteiger partial charge in [-0.15, -0.1) is 0 Å². The number of hydrogen-bond acceptors (Lipinski definition) is 5. The molecule has 0 heterocycles. The van der Waals surface area contributed by atoms with Crippen LogP contribution in [-0.2, 0) is 9.59 Å². The van der Waals surface area contributed by atoms with Gasteiger partial charge < -0.3 is 9.47 Å². The maximum absolute atomic E-state index is 12.1. The van der Waals surface area contributed by atoms with Crippen molar-refractivity contribution in [3.8, 4) is 11.5 Å². The van der Waals surface area contributed by atoms with Crippen LogP contribution in [0, 0.1) is 0 Å². The number of benzene rings is 1. The Balaban J connectivity index is 3.12. The molecule has 0 unspecified atom stereocenters. The standard InChI is InChI=1S/C11H6ClF3O5/c1-5(16)19-7-2-6(9(12)17)3-8(4-7)20-10(18)11(13,14)15/h2-4H,1H3. The minimum Gasteiger partial charge on any atom is -0.427 e. The molecule has 0 aliphatic rings. The van der Waals surface area contributed by atoms with Crippen LogP contribution in [0.2, 0.25) is 0 Å². The van der Waals surface area contributed by atoms with Gasteiger partial charge in [0.1, 0.15) is 11.5 Å². The molecule has 0 N–H and O–H groups in total. The average molecular weight is 311 g/mol. The van der Waals surface area contributed by atoms with Gasteiger partial charge in [-0.25, -0.2) is 4.79 Å². The number of halogens is 4. The first-order valence-corrected chi connectivity index (χ1v) is 5.29. The Hall–Kier alpha value is -2.09. The number of rotatable bonds is 3. The van der Waals surface area contributed by atoms with Crippen molar-refractivity contribution in [2.75, 3.05) is 0 Å². The van der Waals surface area contributed by atoms with E-state index in [0.717, 1.165) is 25.1 Å². The Morgan fingerprint density at radius 3 is 1.95 bits per heavy atom. The summed E-state index contributed by atoms with van der Waals surface area (Å²) in [6.07, 6.45) is -5.21. The van der Waals surface area contributed by atoms with Gasteiger partial charge in [0.05, 0.1) is 0 Å². The van der Waals surface area contributed by atoms with E-state index in [-0.39, 0.29) is 11.3 Å². The highest BCUT2D eigenvalue weighted by Crippen LogP contribution is 2.26. The summed E-state index contributed by atoms with van der Waals surface area (Å²) < 4.78 is 44.8. The highest BCUT2D eigenvalue weighted by Gasteiger charge is 2.41. The molecule has 0 aromatic heterocycles. The third kappa shape index (κ3) is 4.54. The maximum Gasteiger partial charge on any atom is 0.491 e. The van der Waals surface area contributed by atoms with Crippen LogP contribution in [0.1, 0.15) is 17.3 Å². The number of esters is 2. The monoisotopic (exact) mass is 310 g/mol. The zero-order valence-electron chi connectivity index (χ0n) is 9.79. The summed E-state index contributed by atoms with van der Waals surface area (Å²) >= 11 is 5.17. The molecule has 108 valence electrons. The van der Waals surface area contributed by atoms with Crippen LogP contribution in [-0.4, -0.2) is 23.4 Å². The molecule has 0 spiro atoms.